The highest BCUT2D eigenvalue weighted by Crippen LogP contribution is 2.15. The third-order valence-corrected chi connectivity index (χ3v) is 1.92. The maximum atomic E-state index is 13.0. The van der Waals surface area contributed by atoms with Crippen molar-refractivity contribution in [3.8, 4) is 5.75 Å². The Morgan fingerprint density at radius 1 is 1.47 bits per heavy atom. The van der Waals surface area contributed by atoms with Gasteiger partial charge < -0.3 is 9.47 Å². The van der Waals surface area contributed by atoms with Crippen LogP contribution in [0, 0.1) is 5.82 Å². The first-order valence-corrected chi connectivity index (χ1v) is 4.57. The van der Waals surface area contributed by atoms with Crippen molar-refractivity contribution in [2.45, 2.75) is 13.0 Å². The predicted molar refractivity (Wildman–Crippen MR) is 53.8 cm³/mol. The Hall–Kier alpha value is -1.42. The molecule has 1 aromatic carbocycles. The molecule has 0 aliphatic carbocycles. The molecule has 0 amide bonds. The summed E-state index contributed by atoms with van der Waals surface area (Å²) in [6.45, 7) is 2.15. The van der Waals surface area contributed by atoms with Crippen LogP contribution in [0.3, 0.4) is 0 Å². The predicted octanol–water partition coefficient (Wildman–Crippen LogP) is 2.05. The molecule has 0 fully saturated rings. The van der Waals surface area contributed by atoms with Crippen LogP contribution < -0.4 is 4.74 Å². The lowest BCUT2D eigenvalue weighted by Crippen LogP contribution is -2.16. The SMILES string of the molecule is COC(C)COc1cc(F)cc(C=O)c1. The molecule has 1 aromatic rings. The second-order valence-corrected chi connectivity index (χ2v) is 3.20. The Bertz CT molecular complexity index is 339. The Balaban J connectivity index is 2.68. The minimum absolute atomic E-state index is 0.0760. The number of carbonyl (C=O) groups excluding carboxylic acids is 1. The third kappa shape index (κ3) is 3.67. The minimum Gasteiger partial charge on any atom is -0.491 e. The van der Waals surface area contributed by atoms with Crippen molar-refractivity contribution in [2.24, 2.45) is 0 Å². The molecule has 15 heavy (non-hydrogen) atoms. The summed E-state index contributed by atoms with van der Waals surface area (Å²) in [6.07, 6.45) is 0.503. The topological polar surface area (TPSA) is 35.5 Å². The van der Waals surface area contributed by atoms with E-state index in [9.17, 15) is 9.18 Å². The molecule has 1 rings (SSSR count). The number of ether oxygens (including phenoxy) is 2. The van der Waals surface area contributed by atoms with Crippen LogP contribution in [0.1, 0.15) is 17.3 Å². The van der Waals surface area contributed by atoms with E-state index in [1.807, 2.05) is 6.92 Å². The van der Waals surface area contributed by atoms with E-state index in [0.717, 1.165) is 6.07 Å². The molecule has 1 unspecified atom stereocenters. The van der Waals surface area contributed by atoms with E-state index in [-0.39, 0.29) is 11.7 Å². The normalized spacial score (nSPS) is 12.2. The first kappa shape index (κ1) is 11.7. The molecule has 0 aliphatic rings. The smallest absolute Gasteiger partial charge is 0.150 e. The fraction of sp³-hybridized carbons (Fsp3) is 0.364. The zero-order valence-electron chi connectivity index (χ0n) is 8.70. The molecule has 0 spiro atoms. The molecular formula is C11H13FO3. The first-order chi connectivity index (χ1) is 7.15. The molecule has 0 saturated carbocycles. The molecule has 0 aromatic heterocycles. The van der Waals surface area contributed by atoms with Gasteiger partial charge in [-0.05, 0) is 19.1 Å². The van der Waals surface area contributed by atoms with Gasteiger partial charge in [0.15, 0.2) is 0 Å². The van der Waals surface area contributed by atoms with Crippen molar-refractivity contribution in [2.75, 3.05) is 13.7 Å². The maximum Gasteiger partial charge on any atom is 0.150 e. The molecule has 1 atom stereocenters. The lowest BCUT2D eigenvalue weighted by atomic mass is 10.2. The van der Waals surface area contributed by atoms with Gasteiger partial charge in [0, 0.05) is 18.7 Å². The fourth-order valence-corrected chi connectivity index (χ4v) is 1.02. The molecule has 0 heterocycles. The summed E-state index contributed by atoms with van der Waals surface area (Å²) < 4.78 is 23.2. The first-order valence-electron chi connectivity index (χ1n) is 4.57. The van der Waals surface area contributed by atoms with Crippen LogP contribution in [0.2, 0.25) is 0 Å². The molecule has 0 aliphatic heterocycles. The number of rotatable bonds is 5. The van der Waals surface area contributed by atoms with E-state index in [1.54, 1.807) is 7.11 Å². The molecule has 0 radical (unpaired) electrons. The molecule has 0 N–H and O–H groups in total. The summed E-state index contributed by atoms with van der Waals surface area (Å²) in [7, 11) is 1.57. The van der Waals surface area contributed by atoms with Gasteiger partial charge in [0.2, 0.25) is 0 Å². The van der Waals surface area contributed by atoms with Gasteiger partial charge in [-0.15, -0.1) is 0 Å². The Labute approximate surface area is 87.8 Å². The van der Waals surface area contributed by atoms with Gasteiger partial charge in [0.25, 0.3) is 0 Å². The van der Waals surface area contributed by atoms with Gasteiger partial charge in [-0.25, -0.2) is 4.39 Å². The van der Waals surface area contributed by atoms with Gasteiger partial charge in [0.05, 0.1) is 6.10 Å². The number of benzene rings is 1. The van der Waals surface area contributed by atoms with Crippen molar-refractivity contribution >= 4 is 6.29 Å². The average Bonchev–Trinajstić information content (AvgIpc) is 2.25. The van der Waals surface area contributed by atoms with Crippen LogP contribution in [0.15, 0.2) is 18.2 Å². The summed E-state index contributed by atoms with van der Waals surface area (Å²) in [5, 5.41) is 0. The van der Waals surface area contributed by atoms with Gasteiger partial charge in [-0.1, -0.05) is 0 Å². The standard InChI is InChI=1S/C11H13FO3/c1-8(14-2)7-15-11-4-9(6-13)3-10(12)5-11/h3-6,8H,7H2,1-2H3. The Morgan fingerprint density at radius 3 is 2.80 bits per heavy atom. The number of halogens is 1. The van der Waals surface area contributed by atoms with E-state index in [2.05, 4.69) is 0 Å². The minimum atomic E-state index is -0.486. The molecule has 0 bridgehead atoms. The van der Waals surface area contributed by atoms with Crippen molar-refractivity contribution < 1.29 is 18.7 Å². The maximum absolute atomic E-state index is 13.0. The van der Waals surface area contributed by atoms with Crippen LogP contribution in [0.25, 0.3) is 0 Å². The largest absolute Gasteiger partial charge is 0.491 e. The quantitative estimate of drug-likeness (QED) is 0.701. The van der Waals surface area contributed by atoms with Crippen molar-refractivity contribution in [3.05, 3.63) is 29.6 Å². The molecule has 3 nitrogen and oxygen atoms in total. The van der Waals surface area contributed by atoms with Gasteiger partial charge in [-0.3, -0.25) is 4.79 Å². The Kier molecular flexibility index (Phi) is 4.24. The lowest BCUT2D eigenvalue weighted by Gasteiger charge is -2.11. The lowest BCUT2D eigenvalue weighted by molar-refractivity contribution is 0.0715. The molecule has 0 saturated heterocycles. The second-order valence-electron chi connectivity index (χ2n) is 3.20. The van der Waals surface area contributed by atoms with E-state index < -0.39 is 5.82 Å². The number of hydrogen-bond donors (Lipinski definition) is 0. The third-order valence-electron chi connectivity index (χ3n) is 1.92. The van der Waals surface area contributed by atoms with Gasteiger partial charge in [-0.2, -0.15) is 0 Å². The zero-order valence-corrected chi connectivity index (χ0v) is 8.70. The summed E-state index contributed by atoms with van der Waals surface area (Å²) in [5.74, 6) is -0.152. The van der Waals surface area contributed by atoms with Crippen molar-refractivity contribution in [3.63, 3.8) is 0 Å². The number of aldehydes is 1. The van der Waals surface area contributed by atoms with Crippen LogP contribution >= 0.6 is 0 Å². The average molecular weight is 212 g/mol. The van der Waals surface area contributed by atoms with Crippen molar-refractivity contribution in [1.82, 2.24) is 0 Å². The molecule has 4 heteroatoms. The number of carbonyl (C=O) groups is 1. The van der Waals surface area contributed by atoms with Crippen molar-refractivity contribution in [1.29, 1.82) is 0 Å². The highest BCUT2D eigenvalue weighted by atomic mass is 19.1. The number of methoxy groups -OCH3 is 1. The van der Waals surface area contributed by atoms with E-state index in [0.29, 0.717) is 18.6 Å². The fourth-order valence-electron chi connectivity index (χ4n) is 1.02. The van der Waals surface area contributed by atoms with Crippen LogP contribution in [-0.2, 0) is 4.74 Å². The van der Waals surface area contributed by atoms with Gasteiger partial charge >= 0.3 is 0 Å². The highest BCUT2D eigenvalue weighted by Gasteiger charge is 2.04. The zero-order chi connectivity index (χ0) is 11.3. The van der Waals surface area contributed by atoms with E-state index >= 15 is 0 Å². The summed E-state index contributed by atoms with van der Waals surface area (Å²) in [5.41, 5.74) is 0.259. The van der Waals surface area contributed by atoms with Crippen LogP contribution in [0.5, 0.6) is 5.75 Å². The van der Waals surface area contributed by atoms with Crippen LogP contribution in [0.4, 0.5) is 4.39 Å². The Morgan fingerprint density at radius 2 is 2.20 bits per heavy atom. The summed E-state index contributed by atoms with van der Waals surface area (Å²) in [4.78, 5) is 10.5. The summed E-state index contributed by atoms with van der Waals surface area (Å²) >= 11 is 0. The van der Waals surface area contributed by atoms with E-state index in [1.165, 1.54) is 12.1 Å². The highest BCUT2D eigenvalue weighted by molar-refractivity contribution is 5.75. The number of hydrogen-bond acceptors (Lipinski definition) is 3. The van der Waals surface area contributed by atoms with Gasteiger partial charge in [0.1, 0.15) is 24.5 Å². The van der Waals surface area contributed by atoms with Crippen LogP contribution in [-0.4, -0.2) is 26.1 Å². The summed E-state index contributed by atoms with van der Waals surface area (Å²) in [6, 6.07) is 3.87. The monoisotopic (exact) mass is 212 g/mol. The molecular weight excluding hydrogens is 199 g/mol. The van der Waals surface area contributed by atoms with E-state index in [4.69, 9.17) is 9.47 Å². The molecule has 82 valence electrons. The second kappa shape index (κ2) is 5.46.